The smallest absolute Gasteiger partial charge is 0.303 e. The number of benzene rings is 1. The number of nitro groups is 1. The number of aliphatic carboxylic acids is 1. The Balaban J connectivity index is 2.76. The first-order valence-corrected chi connectivity index (χ1v) is 5.55. The highest BCUT2D eigenvalue weighted by Gasteiger charge is 2.18. The van der Waals surface area contributed by atoms with Crippen molar-refractivity contribution in [3.8, 4) is 5.75 Å². The maximum Gasteiger partial charge on any atom is 0.303 e. The van der Waals surface area contributed by atoms with Crippen LogP contribution in [0, 0.1) is 10.1 Å². The van der Waals surface area contributed by atoms with Gasteiger partial charge in [0.25, 0.3) is 5.69 Å². The molecule has 0 radical (unpaired) electrons. The minimum atomic E-state index is -0.920. The lowest BCUT2D eigenvalue weighted by atomic mass is 10.1. The van der Waals surface area contributed by atoms with E-state index in [0.29, 0.717) is 12.2 Å². The highest BCUT2D eigenvalue weighted by molar-refractivity contribution is 5.98. The number of nitro benzene ring substituents is 1. The molecule has 0 atom stereocenters. The number of ether oxygens (including phenoxy) is 1. The Morgan fingerprint density at radius 1 is 1.42 bits per heavy atom. The summed E-state index contributed by atoms with van der Waals surface area (Å²) in [6.45, 7) is 1.40. The van der Waals surface area contributed by atoms with Gasteiger partial charge in [0.2, 0.25) is 0 Å². The second-order valence-corrected chi connectivity index (χ2v) is 3.84. The van der Waals surface area contributed by atoms with Crippen molar-refractivity contribution in [1.82, 2.24) is 0 Å². The summed E-state index contributed by atoms with van der Waals surface area (Å²) < 4.78 is 5.24. The van der Waals surface area contributed by atoms with Gasteiger partial charge in [-0.1, -0.05) is 0 Å². The summed E-state index contributed by atoms with van der Waals surface area (Å²) >= 11 is 0. The zero-order valence-corrected chi connectivity index (χ0v) is 10.3. The van der Waals surface area contributed by atoms with Crippen LogP contribution in [0.1, 0.15) is 30.1 Å². The first kappa shape index (κ1) is 14.6. The number of nitrogens with zero attached hydrogens (tertiary/aromatic N) is 1. The minimum Gasteiger partial charge on any atom is -0.494 e. The zero-order valence-electron chi connectivity index (χ0n) is 10.3. The largest absolute Gasteiger partial charge is 0.494 e. The Kier molecular flexibility index (Phi) is 4.99. The van der Waals surface area contributed by atoms with E-state index in [2.05, 4.69) is 0 Å². The van der Waals surface area contributed by atoms with E-state index in [-0.39, 0.29) is 24.3 Å². The van der Waals surface area contributed by atoms with Crippen LogP contribution in [-0.4, -0.2) is 28.4 Å². The fourth-order valence-corrected chi connectivity index (χ4v) is 1.46. The lowest BCUT2D eigenvalue weighted by Gasteiger charge is -2.06. The topological polar surface area (TPSA) is 107 Å². The van der Waals surface area contributed by atoms with Crippen LogP contribution in [-0.2, 0) is 4.79 Å². The van der Waals surface area contributed by atoms with Gasteiger partial charge in [-0.25, -0.2) is 0 Å². The summed E-state index contributed by atoms with van der Waals surface area (Å²) in [4.78, 5) is 31.7. The van der Waals surface area contributed by atoms with Crippen LogP contribution in [0.2, 0.25) is 0 Å². The summed E-state index contributed by atoms with van der Waals surface area (Å²) in [7, 11) is 0. The van der Waals surface area contributed by atoms with Crippen molar-refractivity contribution in [3.05, 3.63) is 33.9 Å². The number of hydrogen-bond acceptors (Lipinski definition) is 5. The molecule has 102 valence electrons. The van der Waals surface area contributed by atoms with Gasteiger partial charge in [0.05, 0.1) is 17.1 Å². The molecule has 7 heteroatoms. The molecule has 19 heavy (non-hydrogen) atoms. The van der Waals surface area contributed by atoms with Crippen LogP contribution in [0.3, 0.4) is 0 Å². The number of ketones is 1. The average Bonchev–Trinajstić information content (AvgIpc) is 2.33. The molecule has 1 aromatic carbocycles. The monoisotopic (exact) mass is 267 g/mol. The molecular formula is C12H13NO6. The van der Waals surface area contributed by atoms with Crippen molar-refractivity contribution in [2.24, 2.45) is 0 Å². The maximum atomic E-state index is 11.3. The highest BCUT2D eigenvalue weighted by atomic mass is 16.6. The molecule has 1 rings (SSSR count). The van der Waals surface area contributed by atoms with Gasteiger partial charge in [0, 0.05) is 12.5 Å². The molecular weight excluding hydrogens is 254 g/mol. The van der Waals surface area contributed by atoms with E-state index in [0.717, 1.165) is 0 Å². The van der Waals surface area contributed by atoms with E-state index < -0.39 is 16.7 Å². The van der Waals surface area contributed by atoms with Crippen LogP contribution in [0.25, 0.3) is 0 Å². The third kappa shape index (κ3) is 4.38. The van der Waals surface area contributed by atoms with Gasteiger partial charge in [0.1, 0.15) is 5.75 Å². The van der Waals surface area contributed by atoms with E-state index in [1.54, 1.807) is 0 Å². The highest BCUT2D eigenvalue weighted by Crippen LogP contribution is 2.24. The Hall–Kier alpha value is -2.44. The number of carbonyl (C=O) groups is 2. The number of carboxylic acids is 1. The van der Waals surface area contributed by atoms with Gasteiger partial charge < -0.3 is 9.84 Å². The third-order valence-corrected chi connectivity index (χ3v) is 2.35. The molecule has 0 bridgehead atoms. The molecule has 0 unspecified atom stereocenters. The number of carboxylic acid groups (broad SMARTS) is 1. The number of hydrogen-bond donors (Lipinski definition) is 1. The first-order valence-electron chi connectivity index (χ1n) is 5.55. The maximum absolute atomic E-state index is 11.3. The Labute approximate surface area is 109 Å². The number of carbonyl (C=O) groups excluding carboxylic acids is 1. The summed E-state index contributed by atoms with van der Waals surface area (Å²) in [6.07, 6.45) is 0.300. The molecule has 0 spiro atoms. The van der Waals surface area contributed by atoms with Crippen molar-refractivity contribution >= 4 is 17.4 Å². The Morgan fingerprint density at radius 3 is 2.63 bits per heavy atom. The van der Waals surface area contributed by atoms with E-state index >= 15 is 0 Å². The molecule has 0 saturated carbocycles. The van der Waals surface area contributed by atoms with Gasteiger partial charge in [-0.05, 0) is 25.5 Å². The van der Waals surface area contributed by atoms with E-state index in [1.165, 1.54) is 25.1 Å². The van der Waals surface area contributed by atoms with Crippen molar-refractivity contribution in [2.75, 3.05) is 6.61 Å². The van der Waals surface area contributed by atoms with Crippen LogP contribution >= 0.6 is 0 Å². The predicted molar refractivity (Wildman–Crippen MR) is 65.5 cm³/mol. The quantitative estimate of drug-likeness (QED) is 0.350. The summed E-state index contributed by atoms with van der Waals surface area (Å²) in [6, 6.07) is 3.87. The van der Waals surface area contributed by atoms with Gasteiger partial charge in [-0.15, -0.1) is 0 Å². The van der Waals surface area contributed by atoms with E-state index in [9.17, 15) is 19.7 Å². The molecule has 1 aromatic rings. The molecule has 0 heterocycles. The lowest BCUT2D eigenvalue weighted by molar-refractivity contribution is -0.385. The third-order valence-electron chi connectivity index (χ3n) is 2.35. The standard InChI is InChI=1S/C12H13NO6/c1-8(14)10-7-9(4-5-11(10)13(17)18)19-6-2-3-12(15)16/h4-5,7H,2-3,6H2,1H3,(H,15,16). The lowest BCUT2D eigenvalue weighted by Crippen LogP contribution is -2.04. The van der Waals surface area contributed by atoms with Gasteiger partial charge >= 0.3 is 5.97 Å². The van der Waals surface area contributed by atoms with Crippen molar-refractivity contribution in [1.29, 1.82) is 0 Å². The zero-order chi connectivity index (χ0) is 14.4. The summed E-state index contributed by atoms with van der Waals surface area (Å²) in [5.74, 6) is -1.04. The predicted octanol–water partition coefficient (Wildman–Crippen LogP) is 2.04. The van der Waals surface area contributed by atoms with Crippen LogP contribution in [0.15, 0.2) is 18.2 Å². The second kappa shape index (κ2) is 6.48. The SMILES string of the molecule is CC(=O)c1cc(OCCCC(=O)O)ccc1[N+](=O)[O-]. The summed E-state index contributed by atoms with van der Waals surface area (Å²) in [5.41, 5.74) is -0.300. The van der Waals surface area contributed by atoms with Crippen LogP contribution < -0.4 is 4.74 Å². The Morgan fingerprint density at radius 2 is 2.11 bits per heavy atom. The molecule has 0 aromatic heterocycles. The van der Waals surface area contributed by atoms with E-state index in [4.69, 9.17) is 9.84 Å². The van der Waals surface area contributed by atoms with Crippen molar-refractivity contribution in [3.63, 3.8) is 0 Å². The van der Waals surface area contributed by atoms with Crippen molar-refractivity contribution < 1.29 is 24.4 Å². The van der Waals surface area contributed by atoms with Crippen molar-refractivity contribution in [2.45, 2.75) is 19.8 Å². The van der Waals surface area contributed by atoms with Crippen LogP contribution in [0.4, 0.5) is 5.69 Å². The molecule has 0 aliphatic carbocycles. The van der Waals surface area contributed by atoms with E-state index in [1.807, 2.05) is 0 Å². The molecule has 0 amide bonds. The van der Waals surface area contributed by atoms with Gasteiger partial charge in [0.15, 0.2) is 5.78 Å². The Bertz CT molecular complexity index is 511. The fraction of sp³-hybridized carbons (Fsp3) is 0.333. The van der Waals surface area contributed by atoms with Gasteiger partial charge in [-0.3, -0.25) is 19.7 Å². The number of rotatable bonds is 7. The molecule has 0 fully saturated rings. The molecule has 0 aliphatic heterocycles. The summed E-state index contributed by atoms with van der Waals surface area (Å²) in [5, 5.41) is 19.2. The van der Waals surface area contributed by atoms with Gasteiger partial charge in [-0.2, -0.15) is 0 Å². The van der Waals surface area contributed by atoms with Crippen LogP contribution in [0.5, 0.6) is 5.75 Å². The normalized spacial score (nSPS) is 9.95. The first-order chi connectivity index (χ1) is 8.91. The molecule has 1 N–H and O–H groups in total. The molecule has 0 saturated heterocycles. The number of Topliss-reactive ketones (excluding diaryl/α,β-unsaturated/α-hetero) is 1. The fourth-order valence-electron chi connectivity index (χ4n) is 1.46. The minimum absolute atomic E-state index is 0.0213. The molecule has 7 nitrogen and oxygen atoms in total. The second-order valence-electron chi connectivity index (χ2n) is 3.84. The average molecular weight is 267 g/mol. The molecule has 0 aliphatic rings.